The molecular weight excluding hydrogens is 236 g/mol. The van der Waals surface area contributed by atoms with E-state index in [1.807, 2.05) is 20.8 Å². The van der Waals surface area contributed by atoms with Crippen LogP contribution in [0, 0.1) is 5.92 Å². The lowest BCUT2D eigenvalue weighted by molar-refractivity contribution is 0.318. The standard InChI is InChI=1S/C12H26N2O2S/c1-4-14(17(15,16)10-11(2)3)9-12-7-5-6-8-13-12/h11-13H,4-10H2,1-3H3. The molecule has 0 amide bonds. The lowest BCUT2D eigenvalue weighted by Crippen LogP contribution is -2.46. The molecule has 0 aromatic rings. The molecule has 1 aliphatic heterocycles. The summed E-state index contributed by atoms with van der Waals surface area (Å²) in [5, 5.41) is 3.40. The third-order valence-corrected chi connectivity index (χ3v) is 5.41. The van der Waals surface area contributed by atoms with Crippen molar-refractivity contribution in [2.24, 2.45) is 5.92 Å². The van der Waals surface area contributed by atoms with Crippen molar-refractivity contribution in [1.82, 2.24) is 9.62 Å². The van der Waals surface area contributed by atoms with Crippen molar-refractivity contribution in [2.45, 2.75) is 46.1 Å². The van der Waals surface area contributed by atoms with Gasteiger partial charge in [0.2, 0.25) is 10.0 Å². The molecule has 4 nitrogen and oxygen atoms in total. The fourth-order valence-corrected chi connectivity index (χ4v) is 4.15. The molecule has 1 heterocycles. The van der Waals surface area contributed by atoms with Gasteiger partial charge in [0.15, 0.2) is 0 Å². The van der Waals surface area contributed by atoms with Crippen LogP contribution in [0.4, 0.5) is 0 Å². The van der Waals surface area contributed by atoms with Crippen LogP contribution >= 0.6 is 0 Å². The Kier molecular flexibility index (Phi) is 5.89. The first kappa shape index (κ1) is 14.9. The second kappa shape index (κ2) is 6.71. The highest BCUT2D eigenvalue weighted by molar-refractivity contribution is 7.89. The zero-order chi connectivity index (χ0) is 12.9. The van der Waals surface area contributed by atoms with E-state index in [0.29, 0.717) is 19.1 Å². The normalized spacial score (nSPS) is 22.3. The number of piperidine rings is 1. The van der Waals surface area contributed by atoms with Crippen molar-refractivity contribution in [3.8, 4) is 0 Å². The van der Waals surface area contributed by atoms with E-state index in [1.165, 1.54) is 12.8 Å². The van der Waals surface area contributed by atoms with E-state index in [2.05, 4.69) is 5.32 Å². The molecule has 5 heteroatoms. The van der Waals surface area contributed by atoms with Gasteiger partial charge < -0.3 is 5.32 Å². The van der Waals surface area contributed by atoms with Crippen LogP contribution in [0.5, 0.6) is 0 Å². The summed E-state index contributed by atoms with van der Waals surface area (Å²) in [7, 11) is -3.08. The molecule has 17 heavy (non-hydrogen) atoms. The summed E-state index contributed by atoms with van der Waals surface area (Å²) >= 11 is 0. The van der Waals surface area contributed by atoms with E-state index in [0.717, 1.165) is 13.0 Å². The maximum Gasteiger partial charge on any atom is 0.214 e. The third-order valence-electron chi connectivity index (χ3n) is 3.13. The lowest BCUT2D eigenvalue weighted by atomic mass is 10.1. The molecule has 0 radical (unpaired) electrons. The minimum atomic E-state index is -3.08. The SMILES string of the molecule is CCN(CC1CCCCN1)S(=O)(=O)CC(C)C. The first-order valence-electron chi connectivity index (χ1n) is 6.67. The Morgan fingerprint density at radius 2 is 2.06 bits per heavy atom. The van der Waals surface area contributed by atoms with Gasteiger partial charge >= 0.3 is 0 Å². The van der Waals surface area contributed by atoms with E-state index in [-0.39, 0.29) is 11.7 Å². The summed E-state index contributed by atoms with van der Waals surface area (Å²) in [5.74, 6) is 0.446. The number of rotatable bonds is 6. The second-order valence-electron chi connectivity index (χ2n) is 5.27. The molecular formula is C12H26N2O2S. The van der Waals surface area contributed by atoms with Gasteiger partial charge in [0.25, 0.3) is 0 Å². The minimum absolute atomic E-state index is 0.188. The average Bonchev–Trinajstić information content (AvgIpc) is 2.25. The topological polar surface area (TPSA) is 49.4 Å². The molecule has 1 N–H and O–H groups in total. The maximum absolute atomic E-state index is 12.1. The zero-order valence-corrected chi connectivity index (χ0v) is 12.1. The monoisotopic (exact) mass is 262 g/mol. The smallest absolute Gasteiger partial charge is 0.214 e. The highest BCUT2D eigenvalue weighted by Crippen LogP contribution is 2.12. The van der Waals surface area contributed by atoms with Crippen LogP contribution in [0.1, 0.15) is 40.0 Å². The zero-order valence-electron chi connectivity index (χ0n) is 11.3. The van der Waals surface area contributed by atoms with E-state index >= 15 is 0 Å². The third kappa shape index (κ3) is 4.94. The van der Waals surface area contributed by atoms with Crippen LogP contribution in [0.2, 0.25) is 0 Å². The molecule has 0 aliphatic carbocycles. The highest BCUT2D eigenvalue weighted by atomic mass is 32.2. The van der Waals surface area contributed by atoms with Crippen LogP contribution < -0.4 is 5.32 Å². The summed E-state index contributed by atoms with van der Waals surface area (Å²) < 4.78 is 25.9. The van der Waals surface area contributed by atoms with Crippen molar-refractivity contribution in [3.05, 3.63) is 0 Å². The van der Waals surface area contributed by atoms with Gasteiger partial charge in [0, 0.05) is 19.1 Å². The molecule has 0 bridgehead atoms. The summed E-state index contributed by atoms with van der Waals surface area (Å²) in [6.07, 6.45) is 3.51. The van der Waals surface area contributed by atoms with Gasteiger partial charge in [-0.05, 0) is 25.3 Å². The van der Waals surface area contributed by atoms with Crippen LogP contribution in [0.3, 0.4) is 0 Å². The predicted octanol–water partition coefficient (Wildman–Crippen LogP) is 1.44. The van der Waals surface area contributed by atoms with Gasteiger partial charge in [0.05, 0.1) is 5.75 Å². The van der Waals surface area contributed by atoms with Crippen molar-refractivity contribution in [1.29, 1.82) is 0 Å². The number of nitrogens with zero attached hydrogens (tertiary/aromatic N) is 1. The Hall–Kier alpha value is -0.130. The Morgan fingerprint density at radius 3 is 2.53 bits per heavy atom. The first-order chi connectivity index (χ1) is 7.95. The average molecular weight is 262 g/mol. The van der Waals surface area contributed by atoms with Crippen molar-refractivity contribution in [2.75, 3.05) is 25.4 Å². The molecule has 0 saturated carbocycles. The van der Waals surface area contributed by atoms with Gasteiger partial charge in [-0.1, -0.05) is 27.2 Å². The largest absolute Gasteiger partial charge is 0.313 e. The Balaban J connectivity index is 2.57. The van der Waals surface area contributed by atoms with Gasteiger partial charge in [-0.2, -0.15) is 0 Å². The Morgan fingerprint density at radius 1 is 1.35 bits per heavy atom. The molecule has 1 saturated heterocycles. The molecule has 0 aromatic heterocycles. The van der Waals surface area contributed by atoms with Crippen molar-refractivity contribution >= 4 is 10.0 Å². The lowest BCUT2D eigenvalue weighted by Gasteiger charge is -2.29. The molecule has 1 aliphatic rings. The minimum Gasteiger partial charge on any atom is -0.313 e. The quantitative estimate of drug-likeness (QED) is 0.788. The summed E-state index contributed by atoms with van der Waals surface area (Å²) in [6, 6.07) is 0.339. The van der Waals surface area contributed by atoms with Crippen LogP contribution in [-0.2, 0) is 10.0 Å². The molecule has 0 aromatic carbocycles. The molecule has 102 valence electrons. The van der Waals surface area contributed by atoms with Gasteiger partial charge in [-0.15, -0.1) is 0 Å². The van der Waals surface area contributed by atoms with Crippen LogP contribution in [0.25, 0.3) is 0 Å². The fraction of sp³-hybridized carbons (Fsp3) is 1.00. The number of nitrogens with one attached hydrogen (secondary N) is 1. The van der Waals surface area contributed by atoms with Crippen LogP contribution in [-0.4, -0.2) is 44.2 Å². The number of sulfonamides is 1. The number of hydrogen-bond donors (Lipinski definition) is 1. The molecule has 1 rings (SSSR count). The summed E-state index contributed by atoms with van der Waals surface area (Å²) in [4.78, 5) is 0. The molecule has 0 spiro atoms. The molecule has 1 atom stereocenters. The van der Waals surface area contributed by atoms with Gasteiger partial charge in [0.1, 0.15) is 0 Å². The van der Waals surface area contributed by atoms with E-state index < -0.39 is 10.0 Å². The Labute approximate surface area is 106 Å². The summed E-state index contributed by atoms with van der Waals surface area (Å²) in [6.45, 7) is 8.04. The van der Waals surface area contributed by atoms with Crippen molar-refractivity contribution < 1.29 is 8.42 Å². The summed E-state index contributed by atoms with van der Waals surface area (Å²) in [5.41, 5.74) is 0. The molecule has 1 unspecified atom stereocenters. The molecule has 1 fully saturated rings. The van der Waals surface area contributed by atoms with Crippen LogP contribution in [0.15, 0.2) is 0 Å². The number of likely N-dealkylation sites (N-methyl/N-ethyl adjacent to an activating group) is 1. The Bertz CT molecular complexity index is 308. The predicted molar refractivity (Wildman–Crippen MR) is 71.5 cm³/mol. The number of hydrogen-bond acceptors (Lipinski definition) is 3. The van der Waals surface area contributed by atoms with Crippen molar-refractivity contribution in [3.63, 3.8) is 0 Å². The first-order valence-corrected chi connectivity index (χ1v) is 8.27. The van der Waals surface area contributed by atoms with E-state index in [1.54, 1.807) is 4.31 Å². The highest BCUT2D eigenvalue weighted by Gasteiger charge is 2.25. The fourth-order valence-electron chi connectivity index (χ4n) is 2.29. The van der Waals surface area contributed by atoms with E-state index in [4.69, 9.17) is 0 Å². The van der Waals surface area contributed by atoms with Gasteiger partial charge in [-0.3, -0.25) is 0 Å². The second-order valence-corrected chi connectivity index (χ2v) is 7.28. The van der Waals surface area contributed by atoms with Gasteiger partial charge in [-0.25, -0.2) is 12.7 Å². The van der Waals surface area contributed by atoms with E-state index in [9.17, 15) is 8.42 Å². The maximum atomic E-state index is 12.1.